The first kappa shape index (κ1) is 58.1. The molecule has 0 bridgehead atoms. The Balaban J connectivity index is 4.45. The highest BCUT2D eigenvalue weighted by atomic mass is 31.2. The van der Waals surface area contributed by atoms with Crippen molar-refractivity contribution in [1.29, 1.82) is 0 Å². The van der Waals surface area contributed by atoms with Crippen LogP contribution in [0.15, 0.2) is 0 Å². The molecule has 4 heteroatoms. The Morgan fingerprint density at radius 1 is 0.241 bits per heavy atom. The van der Waals surface area contributed by atoms with Crippen LogP contribution in [0.3, 0.4) is 0 Å². The SMILES string of the molecule is CCCCCCCCCCCCCCCCCCC(CCCCCCCCCCCCCCCCC)(CCCCCCCCCCCCCCCCCC)P(=O)([O-])[O-]. The van der Waals surface area contributed by atoms with Crippen LogP contribution in [0.1, 0.15) is 342 Å². The van der Waals surface area contributed by atoms with Gasteiger partial charge in [-0.05, 0) is 24.4 Å². The van der Waals surface area contributed by atoms with Crippen molar-refractivity contribution in [1.82, 2.24) is 0 Å². The maximum Gasteiger partial charge on any atom is -0.00196 e. The van der Waals surface area contributed by atoms with Crippen molar-refractivity contribution in [3.63, 3.8) is 0 Å². The highest BCUT2D eigenvalue weighted by Crippen LogP contribution is 2.53. The molecule has 0 aromatic rings. The second-order valence-electron chi connectivity index (χ2n) is 19.5. The van der Waals surface area contributed by atoms with Gasteiger partial charge in [0.2, 0.25) is 0 Å². The quantitative estimate of drug-likeness (QED) is 0.0453. The molecule has 0 aromatic heterocycles. The van der Waals surface area contributed by atoms with Gasteiger partial charge in [-0.1, -0.05) is 330 Å². The van der Waals surface area contributed by atoms with Gasteiger partial charge in [0, 0.05) is 0 Å². The van der Waals surface area contributed by atoms with Crippen molar-refractivity contribution in [2.45, 2.75) is 347 Å². The van der Waals surface area contributed by atoms with Crippen molar-refractivity contribution in [3.8, 4) is 0 Å². The molecule has 350 valence electrons. The van der Waals surface area contributed by atoms with E-state index in [9.17, 15) is 14.4 Å². The van der Waals surface area contributed by atoms with Gasteiger partial charge in [-0.15, -0.1) is 0 Å². The predicted molar refractivity (Wildman–Crippen MR) is 258 cm³/mol. The first-order valence-corrected chi connectivity index (χ1v) is 29.0. The zero-order chi connectivity index (χ0) is 42.4. The van der Waals surface area contributed by atoms with E-state index >= 15 is 0 Å². The van der Waals surface area contributed by atoms with Gasteiger partial charge < -0.3 is 14.4 Å². The van der Waals surface area contributed by atoms with Crippen LogP contribution in [0.4, 0.5) is 0 Å². The lowest BCUT2D eigenvalue weighted by atomic mass is 9.88. The topological polar surface area (TPSA) is 63.2 Å². The molecule has 0 aromatic carbocycles. The zero-order valence-electron chi connectivity index (χ0n) is 40.5. The first-order chi connectivity index (χ1) is 28.4. The summed E-state index contributed by atoms with van der Waals surface area (Å²) in [6.07, 6.45) is 63.6. The lowest BCUT2D eigenvalue weighted by Gasteiger charge is -2.51. The second-order valence-corrected chi connectivity index (χ2v) is 21.5. The third kappa shape index (κ3) is 40.2. The number of rotatable bonds is 51. The Labute approximate surface area is 367 Å². The van der Waals surface area contributed by atoms with Crippen LogP contribution in [0.25, 0.3) is 0 Å². The van der Waals surface area contributed by atoms with Crippen LogP contribution < -0.4 is 9.79 Å². The minimum Gasteiger partial charge on any atom is -0.810 e. The Bertz CT molecular complexity index is 772. The molecule has 3 nitrogen and oxygen atoms in total. The van der Waals surface area contributed by atoms with Gasteiger partial charge in [0.25, 0.3) is 0 Å². The van der Waals surface area contributed by atoms with E-state index in [-0.39, 0.29) is 0 Å². The van der Waals surface area contributed by atoms with Gasteiger partial charge in [-0.3, -0.25) is 0 Å². The van der Waals surface area contributed by atoms with E-state index in [0.29, 0.717) is 19.3 Å². The number of hydrogen-bond donors (Lipinski definition) is 0. The summed E-state index contributed by atoms with van der Waals surface area (Å²) in [6, 6.07) is 0. The second kappa shape index (κ2) is 46.6. The highest BCUT2D eigenvalue weighted by molar-refractivity contribution is 7.50. The van der Waals surface area contributed by atoms with Gasteiger partial charge >= 0.3 is 0 Å². The molecule has 0 aliphatic heterocycles. The summed E-state index contributed by atoms with van der Waals surface area (Å²) in [4.78, 5) is 26.2. The summed E-state index contributed by atoms with van der Waals surface area (Å²) in [5, 5.41) is -1.00. The normalized spacial score (nSPS) is 12.3. The molecular weight excluding hydrogens is 728 g/mol. The summed E-state index contributed by atoms with van der Waals surface area (Å²) in [5.41, 5.74) is 0. The molecule has 0 N–H and O–H groups in total. The van der Waals surface area contributed by atoms with Gasteiger partial charge in [0.1, 0.15) is 0 Å². The van der Waals surface area contributed by atoms with Gasteiger partial charge in [0.15, 0.2) is 0 Å². The van der Waals surface area contributed by atoms with Crippen LogP contribution in [0.2, 0.25) is 0 Å². The minimum absolute atomic E-state index is 0.604. The van der Waals surface area contributed by atoms with Crippen molar-refractivity contribution in [3.05, 3.63) is 0 Å². The van der Waals surface area contributed by atoms with E-state index in [4.69, 9.17) is 0 Å². The predicted octanol–water partition coefficient (Wildman–Crippen LogP) is 19.2. The lowest BCUT2D eigenvalue weighted by Crippen LogP contribution is -2.39. The van der Waals surface area contributed by atoms with Crippen molar-refractivity contribution in [2.24, 2.45) is 0 Å². The Kier molecular flexibility index (Phi) is 46.8. The van der Waals surface area contributed by atoms with E-state index in [1.807, 2.05) is 0 Å². The molecule has 0 aliphatic rings. The van der Waals surface area contributed by atoms with E-state index in [1.165, 1.54) is 263 Å². The highest BCUT2D eigenvalue weighted by Gasteiger charge is 2.32. The Morgan fingerprint density at radius 3 is 0.483 bits per heavy atom. The van der Waals surface area contributed by atoms with E-state index in [1.54, 1.807) is 0 Å². The molecule has 0 unspecified atom stereocenters. The third-order valence-electron chi connectivity index (χ3n) is 13.8. The van der Waals surface area contributed by atoms with E-state index in [0.717, 1.165) is 38.5 Å². The molecule has 0 spiro atoms. The Hall–Kier alpha value is 0.150. The fourth-order valence-corrected chi connectivity index (χ4v) is 10.9. The summed E-state index contributed by atoms with van der Waals surface area (Å²) < 4.78 is 13.1. The van der Waals surface area contributed by atoms with Crippen molar-refractivity contribution in [2.75, 3.05) is 0 Å². The molecule has 0 aliphatic carbocycles. The van der Waals surface area contributed by atoms with E-state index in [2.05, 4.69) is 20.8 Å². The monoisotopic (exact) mass is 837 g/mol. The molecule has 0 atom stereocenters. The average molecular weight is 837 g/mol. The molecule has 0 heterocycles. The average Bonchev–Trinajstić information content (AvgIpc) is 3.21. The molecule has 0 rings (SSSR count). The van der Waals surface area contributed by atoms with E-state index < -0.39 is 12.8 Å². The van der Waals surface area contributed by atoms with Crippen LogP contribution >= 0.6 is 7.60 Å². The summed E-state index contributed by atoms with van der Waals surface area (Å²) in [5.74, 6) is 0. The molecule has 0 amide bonds. The van der Waals surface area contributed by atoms with Crippen LogP contribution in [0, 0.1) is 0 Å². The Morgan fingerprint density at radius 2 is 0.362 bits per heavy atom. The molecular formula is C54H109O3P-2. The maximum atomic E-state index is 13.1. The smallest absolute Gasteiger partial charge is 0.00196 e. The van der Waals surface area contributed by atoms with Gasteiger partial charge in [-0.2, -0.15) is 0 Å². The third-order valence-corrected chi connectivity index (χ3v) is 15.7. The fourth-order valence-electron chi connectivity index (χ4n) is 9.62. The number of unbranched alkanes of at least 4 members (excludes halogenated alkanes) is 44. The largest absolute Gasteiger partial charge is 0.810 e. The molecule has 0 fully saturated rings. The molecule has 58 heavy (non-hydrogen) atoms. The van der Waals surface area contributed by atoms with Gasteiger partial charge in [-0.25, -0.2) is 0 Å². The molecule has 0 saturated heterocycles. The van der Waals surface area contributed by atoms with Crippen molar-refractivity contribution < 1.29 is 14.4 Å². The van der Waals surface area contributed by atoms with Gasteiger partial charge in [0.05, 0.1) is 0 Å². The minimum atomic E-state index is -4.67. The number of hydrogen-bond acceptors (Lipinski definition) is 3. The van der Waals surface area contributed by atoms with Crippen molar-refractivity contribution >= 4 is 7.60 Å². The van der Waals surface area contributed by atoms with Crippen LogP contribution in [0.5, 0.6) is 0 Å². The first-order valence-electron chi connectivity index (χ1n) is 27.5. The zero-order valence-corrected chi connectivity index (χ0v) is 41.4. The summed E-state index contributed by atoms with van der Waals surface area (Å²) in [6.45, 7) is 6.87. The molecule has 0 saturated carbocycles. The molecule has 0 radical (unpaired) electrons. The lowest BCUT2D eigenvalue weighted by molar-refractivity contribution is -0.321. The fraction of sp³-hybridized carbons (Fsp3) is 1.00. The standard InChI is InChI=1S/C54H111O3P/c1-4-7-10-13-16-19-22-25-28-31-34-37-40-43-46-49-52-54(58(55,56)57,51-48-45-42-39-36-33-30-27-24-21-18-15-12-9-6-3)53-50-47-44-41-38-35-32-29-26-23-20-17-14-11-8-5-2/h4-53H2,1-3H3,(H2,55,56,57)/p-2. The van der Waals surface area contributed by atoms with Crippen LogP contribution in [-0.2, 0) is 4.57 Å². The summed E-state index contributed by atoms with van der Waals surface area (Å²) in [7, 11) is -4.67. The summed E-state index contributed by atoms with van der Waals surface area (Å²) >= 11 is 0. The van der Waals surface area contributed by atoms with Crippen LogP contribution in [-0.4, -0.2) is 5.16 Å². The maximum absolute atomic E-state index is 13.1.